The van der Waals surface area contributed by atoms with Gasteiger partial charge in [0.1, 0.15) is 5.75 Å². The molecule has 2 heterocycles. The number of anilines is 1. The zero-order valence-corrected chi connectivity index (χ0v) is 14.5. The summed E-state index contributed by atoms with van der Waals surface area (Å²) >= 11 is 0. The number of aromatic nitrogens is 2. The summed E-state index contributed by atoms with van der Waals surface area (Å²) < 4.78 is 35.1. The van der Waals surface area contributed by atoms with Crippen LogP contribution in [0.2, 0.25) is 0 Å². The SMILES string of the molecule is Cc1cn2cccc(NS(=O)(=O)c3ccc(OC(C)C)cc3)c2n1. The number of rotatable bonds is 5. The maximum Gasteiger partial charge on any atom is 0.262 e. The molecule has 0 unspecified atom stereocenters. The van der Waals surface area contributed by atoms with Gasteiger partial charge in [0.15, 0.2) is 5.65 Å². The highest BCUT2D eigenvalue weighted by molar-refractivity contribution is 7.92. The van der Waals surface area contributed by atoms with Crippen LogP contribution in [0, 0.1) is 6.92 Å². The average molecular weight is 345 g/mol. The number of sulfonamides is 1. The van der Waals surface area contributed by atoms with Crippen molar-refractivity contribution < 1.29 is 13.2 Å². The fourth-order valence-electron chi connectivity index (χ4n) is 2.39. The zero-order valence-electron chi connectivity index (χ0n) is 13.7. The van der Waals surface area contributed by atoms with Crippen LogP contribution in [0.4, 0.5) is 5.69 Å². The summed E-state index contributed by atoms with van der Waals surface area (Å²) in [6.07, 6.45) is 3.70. The number of ether oxygens (including phenoxy) is 1. The van der Waals surface area contributed by atoms with Crippen LogP contribution in [0.3, 0.4) is 0 Å². The molecule has 0 bridgehead atoms. The van der Waals surface area contributed by atoms with E-state index < -0.39 is 10.0 Å². The van der Waals surface area contributed by atoms with Crippen molar-refractivity contribution in [3.63, 3.8) is 0 Å². The van der Waals surface area contributed by atoms with E-state index in [0.29, 0.717) is 17.1 Å². The second-order valence-electron chi connectivity index (χ2n) is 5.78. The molecule has 2 aromatic heterocycles. The van der Waals surface area contributed by atoms with Crippen molar-refractivity contribution in [2.45, 2.75) is 31.8 Å². The number of imidazole rings is 1. The molecule has 0 spiro atoms. The van der Waals surface area contributed by atoms with Gasteiger partial charge in [-0.3, -0.25) is 4.72 Å². The lowest BCUT2D eigenvalue weighted by Gasteiger charge is -2.11. The van der Waals surface area contributed by atoms with Gasteiger partial charge in [-0.15, -0.1) is 0 Å². The van der Waals surface area contributed by atoms with E-state index in [4.69, 9.17) is 4.74 Å². The summed E-state index contributed by atoms with van der Waals surface area (Å²) in [7, 11) is -3.70. The van der Waals surface area contributed by atoms with Crippen molar-refractivity contribution in [1.29, 1.82) is 0 Å². The van der Waals surface area contributed by atoms with E-state index in [2.05, 4.69) is 9.71 Å². The fraction of sp³-hybridized carbons (Fsp3) is 0.235. The first-order chi connectivity index (χ1) is 11.3. The highest BCUT2D eigenvalue weighted by Gasteiger charge is 2.16. The predicted molar refractivity (Wildman–Crippen MR) is 92.9 cm³/mol. The van der Waals surface area contributed by atoms with Gasteiger partial charge in [0.2, 0.25) is 0 Å². The van der Waals surface area contributed by atoms with Gasteiger partial charge in [-0.2, -0.15) is 0 Å². The second-order valence-corrected chi connectivity index (χ2v) is 7.46. The van der Waals surface area contributed by atoms with E-state index >= 15 is 0 Å². The first-order valence-corrected chi connectivity index (χ1v) is 9.07. The van der Waals surface area contributed by atoms with Gasteiger partial charge in [-0.05, 0) is 57.2 Å². The summed E-state index contributed by atoms with van der Waals surface area (Å²) in [6, 6.07) is 9.80. The normalized spacial score (nSPS) is 11.8. The Hall–Kier alpha value is -2.54. The Morgan fingerprint density at radius 1 is 1.17 bits per heavy atom. The summed E-state index contributed by atoms with van der Waals surface area (Å²) in [5.41, 5.74) is 1.82. The van der Waals surface area contributed by atoms with E-state index in [1.807, 2.05) is 33.2 Å². The number of nitrogens with one attached hydrogen (secondary N) is 1. The Morgan fingerprint density at radius 3 is 2.54 bits per heavy atom. The quantitative estimate of drug-likeness (QED) is 0.770. The number of nitrogens with zero attached hydrogens (tertiary/aromatic N) is 2. The van der Waals surface area contributed by atoms with Crippen LogP contribution in [0.15, 0.2) is 53.7 Å². The lowest BCUT2D eigenvalue weighted by atomic mass is 10.3. The molecule has 0 aliphatic carbocycles. The third kappa shape index (κ3) is 3.35. The van der Waals surface area contributed by atoms with E-state index in [0.717, 1.165) is 5.69 Å². The Bertz CT molecular complexity index is 960. The van der Waals surface area contributed by atoms with Crippen molar-refractivity contribution >= 4 is 21.4 Å². The van der Waals surface area contributed by atoms with Crippen molar-refractivity contribution in [1.82, 2.24) is 9.38 Å². The Morgan fingerprint density at radius 2 is 1.88 bits per heavy atom. The molecule has 0 saturated carbocycles. The zero-order chi connectivity index (χ0) is 17.3. The summed E-state index contributed by atoms with van der Waals surface area (Å²) in [5, 5.41) is 0. The monoisotopic (exact) mass is 345 g/mol. The lowest BCUT2D eigenvalue weighted by Crippen LogP contribution is -2.14. The summed E-state index contributed by atoms with van der Waals surface area (Å²) in [5.74, 6) is 0.634. The second kappa shape index (κ2) is 6.16. The molecule has 0 aliphatic heterocycles. The van der Waals surface area contributed by atoms with Crippen LogP contribution < -0.4 is 9.46 Å². The molecule has 6 nitrogen and oxygen atoms in total. The molecular weight excluding hydrogens is 326 g/mol. The first-order valence-electron chi connectivity index (χ1n) is 7.59. The van der Waals surface area contributed by atoms with Crippen LogP contribution in [0.5, 0.6) is 5.75 Å². The van der Waals surface area contributed by atoms with Crippen molar-refractivity contribution in [2.75, 3.05) is 4.72 Å². The van der Waals surface area contributed by atoms with Gasteiger partial charge in [-0.25, -0.2) is 13.4 Å². The topological polar surface area (TPSA) is 72.7 Å². The molecule has 0 fully saturated rings. The number of hydrogen-bond acceptors (Lipinski definition) is 4. The molecule has 3 aromatic rings. The highest BCUT2D eigenvalue weighted by atomic mass is 32.2. The molecule has 0 saturated heterocycles. The highest BCUT2D eigenvalue weighted by Crippen LogP contribution is 2.22. The largest absolute Gasteiger partial charge is 0.491 e. The Kier molecular flexibility index (Phi) is 4.19. The summed E-state index contributed by atoms with van der Waals surface area (Å²) in [6.45, 7) is 5.69. The first kappa shape index (κ1) is 16.3. The van der Waals surface area contributed by atoms with Gasteiger partial charge in [0, 0.05) is 12.4 Å². The Balaban J connectivity index is 1.90. The fourth-order valence-corrected chi connectivity index (χ4v) is 3.45. The predicted octanol–water partition coefficient (Wildman–Crippen LogP) is 3.23. The molecule has 24 heavy (non-hydrogen) atoms. The molecule has 1 N–H and O–H groups in total. The van der Waals surface area contributed by atoms with Crippen LogP contribution in [0.25, 0.3) is 5.65 Å². The van der Waals surface area contributed by atoms with E-state index in [-0.39, 0.29) is 11.0 Å². The van der Waals surface area contributed by atoms with Crippen LogP contribution in [0.1, 0.15) is 19.5 Å². The molecule has 0 aliphatic rings. The van der Waals surface area contributed by atoms with Gasteiger partial charge < -0.3 is 9.14 Å². The molecular formula is C17H19N3O3S. The van der Waals surface area contributed by atoms with Crippen LogP contribution in [-0.4, -0.2) is 23.9 Å². The van der Waals surface area contributed by atoms with Gasteiger partial charge in [-0.1, -0.05) is 0 Å². The average Bonchev–Trinajstić information content (AvgIpc) is 2.88. The van der Waals surface area contributed by atoms with Crippen molar-refractivity contribution in [2.24, 2.45) is 0 Å². The minimum Gasteiger partial charge on any atom is -0.491 e. The summed E-state index contributed by atoms with van der Waals surface area (Å²) in [4.78, 5) is 4.52. The van der Waals surface area contributed by atoms with E-state index in [1.54, 1.807) is 28.7 Å². The van der Waals surface area contributed by atoms with Crippen molar-refractivity contribution in [3.8, 4) is 5.75 Å². The molecule has 1 aromatic carbocycles. The number of benzene rings is 1. The third-order valence-electron chi connectivity index (χ3n) is 3.35. The molecule has 126 valence electrons. The van der Waals surface area contributed by atoms with Gasteiger partial charge in [0.25, 0.3) is 10.0 Å². The molecule has 3 rings (SSSR count). The minimum atomic E-state index is -3.70. The van der Waals surface area contributed by atoms with E-state index in [9.17, 15) is 8.42 Å². The number of aryl methyl sites for hydroxylation is 1. The van der Waals surface area contributed by atoms with Crippen molar-refractivity contribution in [3.05, 3.63) is 54.5 Å². The van der Waals surface area contributed by atoms with E-state index in [1.165, 1.54) is 12.1 Å². The maximum absolute atomic E-state index is 12.6. The van der Waals surface area contributed by atoms with Gasteiger partial charge >= 0.3 is 0 Å². The molecule has 7 heteroatoms. The number of hydrogen-bond donors (Lipinski definition) is 1. The number of fused-ring (bicyclic) bond motifs is 1. The maximum atomic E-state index is 12.6. The number of pyridine rings is 1. The Labute approximate surface area is 141 Å². The van der Waals surface area contributed by atoms with Gasteiger partial charge in [0.05, 0.1) is 22.4 Å². The molecule has 0 atom stereocenters. The lowest BCUT2D eigenvalue weighted by molar-refractivity contribution is 0.242. The van der Waals surface area contributed by atoms with Crippen LogP contribution >= 0.6 is 0 Å². The van der Waals surface area contributed by atoms with Crippen LogP contribution in [-0.2, 0) is 10.0 Å². The standard InChI is InChI=1S/C17H19N3O3S/c1-12(2)23-14-6-8-15(9-7-14)24(21,22)19-16-5-4-10-20-11-13(3)18-17(16)20/h4-12,19H,1-3H3. The molecule has 0 radical (unpaired) electrons. The molecule has 0 amide bonds. The minimum absolute atomic E-state index is 0.0341. The third-order valence-corrected chi connectivity index (χ3v) is 4.73. The smallest absolute Gasteiger partial charge is 0.262 e.